The van der Waals surface area contributed by atoms with Crippen LogP contribution >= 0.6 is 11.6 Å². The minimum atomic E-state index is -0.0464. The van der Waals surface area contributed by atoms with E-state index in [1.807, 2.05) is 18.2 Å². The molecular weight excluding hydrogens is 299 g/mol. The van der Waals surface area contributed by atoms with Crippen molar-refractivity contribution in [3.63, 3.8) is 0 Å². The summed E-state index contributed by atoms with van der Waals surface area (Å²) in [6.07, 6.45) is 0. The SMILES string of the molecule is O=C([Se]Cc1ccccc1)c1ccc(Cl)cc1. The molecule has 0 saturated heterocycles. The van der Waals surface area contributed by atoms with Crippen molar-refractivity contribution < 1.29 is 4.79 Å². The summed E-state index contributed by atoms with van der Waals surface area (Å²) >= 11 is 5.74. The number of hydrogen-bond acceptors (Lipinski definition) is 1. The van der Waals surface area contributed by atoms with Crippen molar-refractivity contribution in [2.75, 3.05) is 0 Å². The number of hydrogen-bond donors (Lipinski definition) is 0. The Kier molecular flexibility index (Phi) is 4.38. The van der Waals surface area contributed by atoms with E-state index in [0.717, 1.165) is 10.9 Å². The molecule has 2 aromatic carbocycles. The van der Waals surface area contributed by atoms with Gasteiger partial charge in [-0.05, 0) is 0 Å². The summed E-state index contributed by atoms with van der Waals surface area (Å²) in [6, 6.07) is 17.2. The van der Waals surface area contributed by atoms with Crippen molar-refractivity contribution in [3.05, 3.63) is 70.7 Å². The summed E-state index contributed by atoms with van der Waals surface area (Å²) in [5.74, 6) is 0. The molecule has 0 bridgehead atoms. The summed E-state index contributed by atoms with van der Waals surface area (Å²) in [5.41, 5.74) is 1.97. The van der Waals surface area contributed by atoms with Crippen LogP contribution in [0.5, 0.6) is 0 Å². The second-order valence-corrected chi connectivity index (χ2v) is 5.99. The second-order valence-electron chi connectivity index (χ2n) is 3.57. The van der Waals surface area contributed by atoms with Gasteiger partial charge in [-0.15, -0.1) is 0 Å². The van der Waals surface area contributed by atoms with Gasteiger partial charge >= 0.3 is 112 Å². The molecule has 0 unspecified atom stereocenters. The topological polar surface area (TPSA) is 17.1 Å². The van der Waals surface area contributed by atoms with Gasteiger partial charge in [0.2, 0.25) is 0 Å². The molecule has 0 radical (unpaired) electrons. The molecule has 0 spiro atoms. The Labute approximate surface area is 112 Å². The molecule has 2 rings (SSSR count). The molecule has 0 N–H and O–H groups in total. The quantitative estimate of drug-likeness (QED) is 0.791. The fourth-order valence-corrected chi connectivity index (χ4v) is 3.18. The van der Waals surface area contributed by atoms with Gasteiger partial charge in [0.25, 0.3) is 0 Å². The zero-order valence-electron chi connectivity index (χ0n) is 9.10. The van der Waals surface area contributed by atoms with Crippen LogP contribution in [0, 0.1) is 0 Å². The van der Waals surface area contributed by atoms with Crippen molar-refractivity contribution in [1.29, 1.82) is 0 Å². The molecule has 86 valence electrons. The van der Waals surface area contributed by atoms with Crippen LogP contribution in [-0.4, -0.2) is 19.6 Å². The first kappa shape index (κ1) is 12.4. The van der Waals surface area contributed by atoms with Gasteiger partial charge in [-0.2, -0.15) is 0 Å². The van der Waals surface area contributed by atoms with Crippen molar-refractivity contribution >= 4 is 31.2 Å². The molecule has 0 aromatic heterocycles. The standard InChI is InChI=1S/C14H11ClOSe/c15-13-8-6-12(7-9-13)14(16)17-10-11-4-2-1-3-5-11/h1-9H,10H2. The Morgan fingerprint density at radius 3 is 2.29 bits per heavy atom. The van der Waals surface area contributed by atoms with E-state index in [4.69, 9.17) is 11.6 Å². The third kappa shape index (κ3) is 3.71. The van der Waals surface area contributed by atoms with E-state index in [9.17, 15) is 4.79 Å². The summed E-state index contributed by atoms with van der Waals surface area (Å²) in [7, 11) is 0. The fraction of sp³-hybridized carbons (Fsp3) is 0.0714. The number of carbonyl (C=O) groups is 1. The summed E-state index contributed by atoms with van der Waals surface area (Å²) in [5, 5.41) is 1.51. The van der Waals surface area contributed by atoms with Crippen LogP contribution in [0.3, 0.4) is 0 Å². The molecule has 0 amide bonds. The van der Waals surface area contributed by atoms with E-state index >= 15 is 0 Å². The molecule has 0 aliphatic rings. The van der Waals surface area contributed by atoms with E-state index in [-0.39, 0.29) is 19.6 Å². The Hall–Kier alpha value is -1.08. The third-order valence-electron chi connectivity index (χ3n) is 2.29. The summed E-state index contributed by atoms with van der Waals surface area (Å²) in [4.78, 5) is 11.9. The molecule has 0 atom stereocenters. The van der Waals surface area contributed by atoms with Gasteiger partial charge in [0.1, 0.15) is 0 Å². The molecule has 0 saturated carbocycles. The van der Waals surface area contributed by atoms with Gasteiger partial charge in [0.15, 0.2) is 0 Å². The number of halogens is 1. The molecule has 0 heterocycles. The maximum absolute atomic E-state index is 11.9. The Morgan fingerprint density at radius 2 is 1.65 bits per heavy atom. The van der Waals surface area contributed by atoms with Crippen LogP contribution < -0.4 is 0 Å². The van der Waals surface area contributed by atoms with E-state index in [1.54, 1.807) is 24.3 Å². The second kappa shape index (κ2) is 6.02. The van der Waals surface area contributed by atoms with Gasteiger partial charge in [0.05, 0.1) is 0 Å². The Morgan fingerprint density at radius 1 is 1.00 bits per heavy atom. The fourth-order valence-electron chi connectivity index (χ4n) is 1.39. The summed E-state index contributed by atoms with van der Waals surface area (Å²) in [6.45, 7) is 0. The van der Waals surface area contributed by atoms with Gasteiger partial charge < -0.3 is 0 Å². The predicted octanol–water partition coefficient (Wildman–Crippen LogP) is 3.38. The molecule has 1 nitrogen and oxygen atoms in total. The van der Waals surface area contributed by atoms with E-state index in [1.165, 1.54) is 5.56 Å². The monoisotopic (exact) mass is 310 g/mol. The Balaban J connectivity index is 1.96. The Bertz CT molecular complexity index is 493. The van der Waals surface area contributed by atoms with E-state index in [0.29, 0.717) is 5.02 Å². The third-order valence-corrected chi connectivity index (χ3v) is 4.59. The molecule has 0 fully saturated rings. The van der Waals surface area contributed by atoms with E-state index in [2.05, 4.69) is 12.1 Å². The maximum atomic E-state index is 11.9. The first-order chi connectivity index (χ1) is 8.25. The van der Waals surface area contributed by atoms with Crippen LogP contribution in [0.15, 0.2) is 54.6 Å². The normalized spacial score (nSPS) is 10.2. The molecule has 0 aliphatic heterocycles. The number of carbonyl (C=O) groups excluding carboxylic acids is 1. The molecule has 3 heteroatoms. The first-order valence-corrected chi connectivity index (χ1v) is 7.67. The van der Waals surface area contributed by atoms with Crippen molar-refractivity contribution in [2.24, 2.45) is 0 Å². The summed E-state index contributed by atoms with van der Waals surface area (Å²) < 4.78 is 0.220. The van der Waals surface area contributed by atoms with Crippen LogP contribution in [0.25, 0.3) is 0 Å². The van der Waals surface area contributed by atoms with Crippen molar-refractivity contribution in [2.45, 2.75) is 5.32 Å². The first-order valence-electron chi connectivity index (χ1n) is 5.22. The van der Waals surface area contributed by atoms with Crippen LogP contribution in [0.1, 0.15) is 15.9 Å². The van der Waals surface area contributed by atoms with Crippen molar-refractivity contribution in [3.8, 4) is 0 Å². The van der Waals surface area contributed by atoms with Gasteiger partial charge in [-0.25, -0.2) is 0 Å². The minimum absolute atomic E-state index is 0.0464. The molecule has 2 aromatic rings. The zero-order valence-corrected chi connectivity index (χ0v) is 11.6. The van der Waals surface area contributed by atoms with Crippen LogP contribution in [0.2, 0.25) is 5.02 Å². The molecule has 17 heavy (non-hydrogen) atoms. The molecule has 0 aliphatic carbocycles. The van der Waals surface area contributed by atoms with Gasteiger partial charge in [-0.3, -0.25) is 0 Å². The van der Waals surface area contributed by atoms with Crippen LogP contribution in [-0.2, 0) is 5.32 Å². The number of benzene rings is 2. The number of rotatable bonds is 4. The van der Waals surface area contributed by atoms with Gasteiger partial charge in [-0.1, -0.05) is 0 Å². The van der Waals surface area contributed by atoms with Gasteiger partial charge in [0, 0.05) is 0 Å². The zero-order chi connectivity index (χ0) is 12.1. The van der Waals surface area contributed by atoms with Crippen molar-refractivity contribution in [1.82, 2.24) is 0 Å². The predicted molar refractivity (Wildman–Crippen MR) is 71.7 cm³/mol. The van der Waals surface area contributed by atoms with E-state index < -0.39 is 0 Å². The van der Waals surface area contributed by atoms with Crippen LogP contribution in [0.4, 0.5) is 0 Å². The molecular formula is C14H11ClOSe. The average Bonchev–Trinajstić information content (AvgIpc) is 2.38. The average molecular weight is 310 g/mol.